The molecule has 0 saturated carbocycles. The molecule has 4 aromatic carbocycles. The second-order valence-corrected chi connectivity index (χ2v) is 17.4. The number of fused-ring (bicyclic) bond motifs is 2. The Morgan fingerprint density at radius 2 is 1.16 bits per heavy atom. The van der Waals surface area contributed by atoms with Gasteiger partial charge in [0.25, 0.3) is 0 Å². The molecule has 2 heterocycles. The zero-order valence-electron chi connectivity index (χ0n) is 41.4. The van der Waals surface area contributed by atoms with Crippen molar-refractivity contribution in [2.45, 2.75) is 52.6 Å². The van der Waals surface area contributed by atoms with Gasteiger partial charge in [0.2, 0.25) is 11.8 Å². The standard InChI is InChI=1S/C30H30FN3O5.C28H26FN3O3/c1-18-23(12-19-13-26(38-2)30(27(14-19)39-3)33-11-9-29(36)37)22-8-7-20(31)15-25(22)24(18)16-28(35)34-17-21-6-4-5-10-32-21;1-18-24(13-19-4-7-22(8-5-19)31-12-10-28(34)35)23-9-6-21(29)14-26(23)25(18)15-27(33)32-17-20-3-2-11-30-16-20/h4-8,10,12-15,33H,9,11,16-17H2,1-3H3,(H,34,35)(H,36,37);2-9,11,13-14,16,31H,10,12,15,17H2,1H3,(H,32,33)(H,34,35)/b23-12-;24-13-. The number of ether oxygens (including phenoxy) is 2. The van der Waals surface area contributed by atoms with Crippen LogP contribution in [0.1, 0.15) is 84.2 Å². The van der Waals surface area contributed by atoms with Gasteiger partial charge in [0.1, 0.15) is 28.8 Å². The topological polar surface area (TPSA) is 201 Å². The summed E-state index contributed by atoms with van der Waals surface area (Å²) < 4.78 is 39.5. The van der Waals surface area contributed by atoms with E-state index in [9.17, 15) is 28.0 Å². The fraction of sp³-hybridized carbons (Fsp3) is 0.207. The first kappa shape index (κ1) is 52.9. The first-order valence-electron chi connectivity index (χ1n) is 23.7. The number of aliphatic carboxylic acids is 2. The van der Waals surface area contributed by atoms with Crippen molar-refractivity contribution in [1.29, 1.82) is 0 Å². The molecule has 2 aliphatic rings. The smallest absolute Gasteiger partial charge is 0.305 e. The van der Waals surface area contributed by atoms with Gasteiger partial charge in [-0.05, 0) is 165 Å². The molecule has 14 nitrogen and oxygen atoms in total. The Balaban J connectivity index is 0.000000217. The van der Waals surface area contributed by atoms with Crippen LogP contribution >= 0.6 is 0 Å². The van der Waals surface area contributed by atoms with Gasteiger partial charge in [-0.25, -0.2) is 8.78 Å². The zero-order chi connectivity index (χ0) is 52.7. The number of hydrogen-bond acceptors (Lipinski definition) is 10. The highest BCUT2D eigenvalue weighted by molar-refractivity contribution is 6.09. The first-order chi connectivity index (χ1) is 35.7. The number of nitrogens with one attached hydrogen (secondary N) is 4. The Hall–Kier alpha value is -8.92. The van der Waals surface area contributed by atoms with Crippen molar-refractivity contribution >= 4 is 69.6 Å². The average Bonchev–Trinajstić information content (AvgIpc) is 3.78. The maximum Gasteiger partial charge on any atom is 0.305 e. The number of hydrogen-bond donors (Lipinski definition) is 6. The van der Waals surface area contributed by atoms with Crippen LogP contribution in [0.15, 0.2) is 133 Å². The predicted molar refractivity (Wildman–Crippen MR) is 283 cm³/mol. The van der Waals surface area contributed by atoms with E-state index in [1.165, 1.54) is 38.5 Å². The van der Waals surface area contributed by atoms with Crippen LogP contribution in [0, 0.1) is 11.6 Å². The summed E-state index contributed by atoms with van der Waals surface area (Å²) in [5.74, 6) is -1.85. The van der Waals surface area contributed by atoms with Crippen molar-refractivity contribution in [2.24, 2.45) is 0 Å². The van der Waals surface area contributed by atoms with Gasteiger partial charge in [-0.1, -0.05) is 36.4 Å². The van der Waals surface area contributed by atoms with E-state index in [1.807, 2.05) is 92.7 Å². The van der Waals surface area contributed by atoms with E-state index in [2.05, 4.69) is 31.2 Å². The summed E-state index contributed by atoms with van der Waals surface area (Å²) in [6, 6.07) is 29.7. The molecule has 0 atom stereocenters. The van der Waals surface area contributed by atoms with Crippen molar-refractivity contribution in [2.75, 3.05) is 37.9 Å². The molecule has 16 heteroatoms. The number of carbonyl (C=O) groups excluding carboxylic acids is 2. The third kappa shape index (κ3) is 13.7. The third-order valence-electron chi connectivity index (χ3n) is 12.4. The molecule has 74 heavy (non-hydrogen) atoms. The molecule has 2 aromatic heterocycles. The van der Waals surface area contributed by atoms with Gasteiger partial charge >= 0.3 is 11.9 Å². The van der Waals surface area contributed by atoms with E-state index in [4.69, 9.17) is 19.7 Å². The molecule has 0 aliphatic heterocycles. The van der Waals surface area contributed by atoms with Crippen LogP contribution < -0.4 is 30.7 Å². The molecule has 0 radical (unpaired) electrons. The van der Waals surface area contributed by atoms with Gasteiger partial charge in [-0.15, -0.1) is 0 Å². The number of rotatable bonds is 20. The van der Waals surface area contributed by atoms with Gasteiger partial charge in [-0.2, -0.15) is 0 Å². The van der Waals surface area contributed by atoms with Crippen LogP contribution in [0.3, 0.4) is 0 Å². The monoisotopic (exact) mass is 1000 g/mol. The van der Waals surface area contributed by atoms with Crippen LogP contribution in [0.25, 0.3) is 34.4 Å². The zero-order valence-corrected chi connectivity index (χ0v) is 41.4. The van der Waals surface area contributed by atoms with E-state index >= 15 is 0 Å². The Bertz CT molecular complexity index is 3150. The number of allylic oxidation sites excluding steroid dienone is 4. The number of carbonyl (C=O) groups is 4. The summed E-state index contributed by atoms with van der Waals surface area (Å²) in [4.78, 5) is 55.5. The maximum atomic E-state index is 14.3. The second kappa shape index (κ2) is 25.0. The number of halogens is 2. The lowest BCUT2D eigenvalue weighted by molar-refractivity contribution is -0.137. The van der Waals surface area contributed by atoms with Crippen molar-refractivity contribution in [3.63, 3.8) is 0 Å². The third-order valence-corrected chi connectivity index (χ3v) is 12.4. The van der Waals surface area contributed by atoms with Crippen molar-refractivity contribution in [3.8, 4) is 11.5 Å². The predicted octanol–water partition coefficient (Wildman–Crippen LogP) is 10.3. The number of anilines is 2. The largest absolute Gasteiger partial charge is 0.494 e. The molecule has 2 aliphatic carbocycles. The molecular weight excluding hydrogens is 947 g/mol. The quantitative estimate of drug-likeness (QED) is 0.0423. The number of carboxylic acid groups (broad SMARTS) is 2. The molecule has 380 valence electrons. The molecule has 0 spiro atoms. The van der Waals surface area contributed by atoms with Gasteiger partial charge in [0.15, 0.2) is 0 Å². The lowest BCUT2D eigenvalue weighted by Gasteiger charge is -2.16. The fourth-order valence-corrected chi connectivity index (χ4v) is 8.63. The molecule has 2 amide bonds. The Morgan fingerprint density at radius 3 is 1.68 bits per heavy atom. The summed E-state index contributed by atoms with van der Waals surface area (Å²) in [7, 11) is 3.04. The molecule has 0 fully saturated rings. The number of pyridine rings is 2. The normalized spacial score (nSPS) is 13.4. The van der Waals surface area contributed by atoms with Crippen molar-refractivity contribution < 1.29 is 47.6 Å². The minimum Gasteiger partial charge on any atom is -0.494 e. The van der Waals surface area contributed by atoms with Crippen LogP contribution in [0.4, 0.5) is 20.2 Å². The molecule has 8 rings (SSSR count). The summed E-state index contributed by atoms with van der Waals surface area (Å²) in [6.45, 7) is 5.11. The first-order valence-corrected chi connectivity index (χ1v) is 23.7. The molecule has 0 bridgehead atoms. The number of amides is 2. The number of benzene rings is 4. The Labute approximate surface area is 427 Å². The molecule has 0 saturated heterocycles. The number of methoxy groups -OCH3 is 2. The van der Waals surface area contributed by atoms with E-state index in [1.54, 1.807) is 30.7 Å². The van der Waals surface area contributed by atoms with E-state index in [-0.39, 0.29) is 55.7 Å². The van der Waals surface area contributed by atoms with Crippen LogP contribution in [-0.4, -0.2) is 71.2 Å². The highest BCUT2D eigenvalue weighted by atomic mass is 19.1. The van der Waals surface area contributed by atoms with Crippen LogP contribution in [0.5, 0.6) is 11.5 Å². The fourth-order valence-electron chi connectivity index (χ4n) is 8.63. The Morgan fingerprint density at radius 1 is 0.608 bits per heavy atom. The number of carboxylic acids is 2. The lowest BCUT2D eigenvalue weighted by Crippen LogP contribution is -2.23. The van der Waals surface area contributed by atoms with Gasteiger partial charge < -0.3 is 41.0 Å². The molecule has 6 aromatic rings. The van der Waals surface area contributed by atoms with Gasteiger partial charge in [0, 0.05) is 43.9 Å². The minimum atomic E-state index is -0.915. The maximum absolute atomic E-state index is 14.3. The van der Waals surface area contributed by atoms with Crippen LogP contribution in [-0.2, 0) is 32.3 Å². The number of aromatic nitrogens is 2. The van der Waals surface area contributed by atoms with E-state index < -0.39 is 11.9 Å². The SMILES string of the molecule is CC1=C(CC(=O)NCc2cccnc2)c2cc(F)ccc2/C1=C\c1ccc(NCCC(=O)O)cc1.COc1cc(/C=C2/C(C)=C(CC(=O)NCc3ccccn3)c3cc(F)ccc32)cc(OC)c1NCCC(=O)O. The van der Waals surface area contributed by atoms with E-state index in [0.717, 1.165) is 78.2 Å². The van der Waals surface area contributed by atoms with Crippen molar-refractivity contribution in [3.05, 3.63) is 189 Å². The summed E-state index contributed by atoms with van der Waals surface area (Å²) in [5.41, 5.74) is 13.0. The average molecular weight is 1000 g/mol. The van der Waals surface area contributed by atoms with Gasteiger partial charge in [0.05, 0.1) is 52.1 Å². The highest BCUT2D eigenvalue weighted by Crippen LogP contribution is 2.46. The van der Waals surface area contributed by atoms with Gasteiger partial charge in [-0.3, -0.25) is 29.1 Å². The summed E-state index contributed by atoms with van der Waals surface area (Å²) >= 11 is 0. The summed E-state index contributed by atoms with van der Waals surface area (Å²) in [5, 5.41) is 29.7. The molecule has 0 unspecified atom stereocenters. The van der Waals surface area contributed by atoms with E-state index in [0.29, 0.717) is 42.4 Å². The minimum absolute atomic E-state index is 0.0434. The van der Waals surface area contributed by atoms with Crippen LogP contribution in [0.2, 0.25) is 0 Å². The molecular formula is C58H56F2N6O8. The highest BCUT2D eigenvalue weighted by Gasteiger charge is 2.28. The Kier molecular flexibility index (Phi) is 17.8. The molecule has 6 N–H and O–H groups in total. The number of nitrogens with zero attached hydrogens (tertiary/aromatic N) is 2. The lowest BCUT2D eigenvalue weighted by atomic mass is 10.00. The second-order valence-electron chi connectivity index (χ2n) is 17.4. The summed E-state index contributed by atoms with van der Waals surface area (Å²) in [6.07, 6.45) is 9.24. The van der Waals surface area contributed by atoms with Crippen molar-refractivity contribution in [1.82, 2.24) is 20.6 Å².